The van der Waals surface area contributed by atoms with Crippen LogP contribution in [-0.2, 0) is 0 Å². The van der Waals surface area contributed by atoms with Gasteiger partial charge >= 0.3 is 0 Å². The molecule has 0 saturated heterocycles. The minimum absolute atomic E-state index is 0.839. The summed E-state index contributed by atoms with van der Waals surface area (Å²) < 4.78 is 7.14. The van der Waals surface area contributed by atoms with Gasteiger partial charge in [0.1, 0.15) is 11.2 Å². The lowest BCUT2D eigenvalue weighted by Gasteiger charge is -2.28. The average molecular weight is 766 g/mol. The van der Waals surface area contributed by atoms with Crippen LogP contribution in [-0.4, -0.2) is 0 Å². The van der Waals surface area contributed by atoms with E-state index in [1.807, 2.05) is 0 Å². The highest BCUT2D eigenvalue weighted by Gasteiger charge is 2.24. The Morgan fingerprint density at radius 3 is 1.45 bits per heavy atom. The van der Waals surface area contributed by atoms with E-state index in [0.717, 1.165) is 83.2 Å². The van der Waals surface area contributed by atoms with Crippen molar-refractivity contribution in [2.75, 3.05) is 4.90 Å². The molecule has 10 aromatic carbocycles. The van der Waals surface area contributed by atoms with Crippen LogP contribution in [0.4, 0.5) is 17.1 Å². The van der Waals surface area contributed by atoms with E-state index in [2.05, 4.69) is 241 Å². The highest BCUT2D eigenvalue weighted by molar-refractivity contribution is 6.26. The topological polar surface area (TPSA) is 16.4 Å². The smallest absolute Gasteiger partial charge is 0.143 e. The second kappa shape index (κ2) is 15.1. The van der Waals surface area contributed by atoms with Crippen LogP contribution in [0.5, 0.6) is 0 Å². The molecule has 282 valence electrons. The first-order valence-electron chi connectivity index (χ1n) is 20.5. The quantitative estimate of drug-likeness (QED) is 0.153. The molecular formula is C58H39NO. The zero-order valence-corrected chi connectivity index (χ0v) is 32.9. The SMILES string of the molecule is c1ccc(-c2ccc(N(c3cc(-c4ccccc4)cc(-c4ccccc4)c3)c3cccc4oc5c(-c6ccccc6-c6ccccc6)cc6ccccc6c5c34)cc2)cc1. The minimum atomic E-state index is 0.839. The summed E-state index contributed by atoms with van der Waals surface area (Å²) in [5, 5.41) is 4.49. The Labute approximate surface area is 349 Å². The standard InChI is InChI=1S/C58H39NO/c1-5-18-40(19-6-1)43-32-34-48(35-33-43)59(49-37-46(41-20-7-2-8-21-41)36-47(38-49)42-22-9-3-10-23-42)54-30-17-31-55-57(54)56-51-28-14-13-26-45(51)39-53(58(56)60-55)52-29-16-15-27-50(52)44-24-11-4-12-25-44/h1-39H. The van der Waals surface area contributed by atoms with Gasteiger partial charge in [-0.3, -0.25) is 0 Å². The molecule has 0 aliphatic carbocycles. The average Bonchev–Trinajstić information content (AvgIpc) is 3.74. The lowest BCUT2D eigenvalue weighted by atomic mass is 9.91. The third-order valence-corrected chi connectivity index (χ3v) is 11.6. The molecule has 0 aliphatic rings. The molecule has 0 atom stereocenters. The van der Waals surface area contributed by atoms with Gasteiger partial charge in [-0.25, -0.2) is 0 Å². The predicted octanol–water partition coefficient (Wildman–Crippen LogP) is 16.5. The third-order valence-electron chi connectivity index (χ3n) is 11.6. The maximum absolute atomic E-state index is 7.14. The van der Waals surface area contributed by atoms with Crippen LogP contribution < -0.4 is 4.90 Å². The van der Waals surface area contributed by atoms with Crippen molar-refractivity contribution in [2.24, 2.45) is 0 Å². The normalized spacial score (nSPS) is 11.3. The second-order valence-corrected chi connectivity index (χ2v) is 15.3. The molecule has 2 nitrogen and oxygen atoms in total. The Morgan fingerprint density at radius 1 is 0.300 bits per heavy atom. The molecule has 1 heterocycles. The molecule has 0 spiro atoms. The van der Waals surface area contributed by atoms with Crippen LogP contribution in [0.1, 0.15) is 0 Å². The van der Waals surface area contributed by atoms with Crippen molar-refractivity contribution in [1.82, 2.24) is 0 Å². The Kier molecular flexibility index (Phi) is 8.87. The Balaban J connectivity index is 1.21. The van der Waals surface area contributed by atoms with Crippen molar-refractivity contribution < 1.29 is 4.42 Å². The van der Waals surface area contributed by atoms with E-state index in [1.54, 1.807) is 0 Å². The van der Waals surface area contributed by atoms with E-state index < -0.39 is 0 Å². The van der Waals surface area contributed by atoms with Gasteiger partial charge in [-0.2, -0.15) is 0 Å². The number of rotatable bonds is 8. The van der Waals surface area contributed by atoms with Crippen LogP contribution in [0, 0.1) is 0 Å². The lowest BCUT2D eigenvalue weighted by molar-refractivity contribution is 0.670. The molecule has 0 radical (unpaired) electrons. The first-order chi connectivity index (χ1) is 29.8. The van der Waals surface area contributed by atoms with Gasteiger partial charge in [0, 0.05) is 22.3 Å². The van der Waals surface area contributed by atoms with Crippen LogP contribution >= 0.6 is 0 Å². The maximum atomic E-state index is 7.14. The summed E-state index contributed by atoms with van der Waals surface area (Å²) in [5.74, 6) is 0. The first-order valence-corrected chi connectivity index (χ1v) is 20.5. The van der Waals surface area contributed by atoms with Crippen LogP contribution in [0.2, 0.25) is 0 Å². The molecule has 1 aromatic heterocycles. The van der Waals surface area contributed by atoms with E-state index >= 15 is 0 Å². The minimum Gasteiger partial charge on any atom is -0.455 e. The van der Waals surface area contributed by atoms with E-state index in [4.69, 9.17) is 4.42 Å². The van der Waals surface area contributed by atoms with E-state index in [1.165, 1.54) is 22.3 Å². The van der Waals surface area contributed by atoms with Crippen molar-refractivity contribution in [2.45, 2.75) is 0 Å². The van der Waals surface area contributed by atoms with E-state index in [9.17, 15) is 0 Å². The van der Waals surface area contributed by atoms with Gasteiger partial charge in [0.05, 0.1) is 11.1 Å². The lowest BCUT2D eigenvalue weighted by Crippen LogP contribution is -2.11. The number of hydrogen-bond acceptors (Lipinski definition) is 2. The molecule has 0 N–H and O–H groups in total. The largest absolute Gasteiger partial charge is 0.455 e. The van der Waals surface area contributed by atoms with E-state index in [-0.39, 0.29) is 0 Å². The molecule has 0 saturated carbocycles. The highest BCUT2D eigenvalue weighted by Crippen LogP contribution is 2.49. The molecule has 0 unspecified atom stereocenters. The monoisotopic (exact) mass is 765 g/mol. The Morgan fingerprint density at radius 2 is 0.817 bits per heavy atom. The third kappa shape index (κ3) is 6.32. The predicted molar refractivity (Wildman–Crippen MR) is 253 cm³/mol. The zero-order valence-electron chi connectivity index (χ0n) is 32.9. The van der Waals surface area contributed by atoms with Gasteiger partial charge in [-0.1, -0.05) is 188 Å². The molecule has 0 fully saturated rings. The summed E-state index contributed by atoms with van der Waals surface area (Å²) in [4.78, 5) is 2.42. The highest BCUT2D eigenvalue weighted by atomic mass is 16.3. The Hall–Kier alpha value is -7.94. The fourth-order valence-electron chi connectivity index (χ4n) is 8.82. The fraction of sp³-hybridized carbons (Fsp3) is 0. The number of benzene rings is 10. The van der Waals surface area contributed by atoms with Crippen LogP contribution in [0.15, 0.2) is 241 Å². The summed E-state index contributed by atoms with van der Waals surface area (Å²) >= 11 is 0. The van der Waals surface area contributed by atoms with Crippen molar-refractivity contribution in [3.8, 4) is 55.6 Å². The van der Waals surface area contributed by atoms with Gasteiger partial charge in [0.15, 0.2) is 0 Å². The zero-order chi connectivity index (χ0) is 39.8. The first kappa shape index (κ1) is 35.2. The molecule has 60 heavy (non-hydrogen) atoms. The maximum Gasteiger partial charge on any atom is 0.143 e. The number of fused-ring (bicyclic) bond motifs is 5. The van der Waals surface area contributed by atoms with Crippen LogP contribution in [0.3, 0.4) is 0 Å². The van der Waals surface area contributed by atoms with Crippen molar-refractivity contribution in [3.05, 3.63) is 237 Å². The molecular weight excluding hydrogens is 727 g/mol. The molecule has 0 amide bonds. The second-order valence-electron chi connectivity index (χ2n) is 15.3. The van der Waals surface area contributed by atoms with Crippen molar-refractivity contribution >= 4 is 49.8 Å². The molecule has 0 aliphatic heterocycles. The number of nitrogens with zero attached hydrogens (tertiary/aromatic N) is 1. The Bertz CT molecular complexity index is 3220. The van der Waals surface area contributed by atoms with Crippen LogP contribution in [0.25, 0.3) is 88.3 Å². The van der Waals surface area contributed by atoms with Gasteiger partial charge in [-0.15, -0.1) is 0 Å². The van der Waals surface area contributed by atoms with Crippen molar-refractivity contribution in [3.63, 3.8) is 0 Å². The molecule has 2 heteroatoms. The number of furan rings is 1. The summed E-state index contributed by atoms with van der Waals surface area (Å²) in [6.07, 6.45) is 0. The van der Waals surface area contributed by atoms with Gasteiger partial charge < -0.3 is 9.32 Å². The molecule has 0 bridgehead atoms. The fourth-order valence-corrected chi connectivity index (χ4v) is 8.82. The molecule has 11 rings (SSSR count). The summed E-state index contributed by atoms with van der Waals surface area (Å²) in [6, 6.07) is 84.7. The molecule has 11 aromatic rings. The summed E-state index contributed by atoms with van der Waals surface area (Å²) in [5.41, 5.74) is 16.4. The summed E-state index contributed by atoms with van der Waals surface area (Å²) in [7, 11) is 0. The van der Waals surface area contributed by atoms with E-state index in [0.29, 0.717) is 0 Å². The number of hydrogen-bond donors (Lipinski definition) is 0. The summed E-state index contributed by atoms with van der Waals surface area (Å²) in [6.45, 7) is 0. The number of anilines is 3. The van der Waals surface area contributed by atoms with Gasteiger partial charge in [-0.05, 0) is 109 Å². The van der Waals surface area contributed by atoms with Gasteiger partial charge in [0.25, 0.3) is 0 Å². The van der Waals surface area contributed by atoms with Gasteiger partial charge in [0.2, 0.25) is 0 Å². The van der Waals surface area contributed by atoms with Crippen molar-refractivity contribution in [1.29, 1.82) is 0 Å².